The Morgan fingerprint density at radius 2 is 1.43 bits per heavy atom. The van der Waals surface area contributed by atoms with Crippen LogP contribution in [0.4, 0.5) is 0 Å². The molecule has 0 amide bonds. The highest BCUT2D eigenvalue weighted by Gasteiger charge is 2.24. The van der Waals surface area contributed by atoms with Crippen molar-refractivity contribution in [2.75, 3.05) is 0 Å². The maximum Gasteiger partial charge on any atom is 0.0234 e. The Kier molecular flexibility index (Phi) is 2.55. The molecular formula is C13H23N. The van der Waals surface area contributed by atoms with E-state index in [1.54, 1.807) is 0 Å². The first-order valence-corrected chi connectivity index (χ1v) is 5.33. The lowest BCUT2D eigenvalue weighted by Crippen LogP contribution is -2.15. The van der Waals surface area contributed by atoms with Gasteiger partial charge in [-0.15, -0.1) is 0 Å². The number of aromatic amines is 1. The van der Waals surface area contributed by atoms with Gasteiger partial charge in [0, 0.05) is 17.3 Å². The van der Waals surface area contributed by atoms with Crippen molar-refractivity contribution in [1.82, 2.24) is 4.98 Å². The molecule has 0 aliphatic rings. The SMILES string of the molecule is Cc1c(C(C)(C)C)c[nH]c1C(C)(C)C. The molecule has 0 bridgehead atoms. The first-order chi connectivity index (χ1) is 6.14. The summed E-state index contributed by atoms with van der Waals surface area (Å²) in [5.74, 6) is 0. The van der Waals surface area contributed by atoms with Gasteiger partial charge in [-0.2, -0.15) is 0 Å². The second-order valence-electron chi connectivity index (χ2n) is 6.20. The minimum absolute atomic E-state index is 0.216. The van der Waals surface area contributed by atoms with Gasteiger partial charge in [0.15, 0.2) is 0 Å². The molecule has 1 rings (SSSR count). The van der Waals surface area contributed by atoms with Crippen LogP contribution < -0.4 is 0 Å². The number of hydrogen-bond acceptors (Lipinski definition) is 0. The van der Waals surface area contributed by atoms with Gasteiger partial charge in [0.25, 0.3) is 0 Å². The summed E-state index contributed by atoms with van der Waals surface area (Å²) in [6, 6.07) is 0. The summed E-state index contributed by atoms with van der Waals surface area (Å²) in [6.45, 7) is 15.7. The number of rotatable bonds is 0. The van der Waals surface area contributed by atoms with Crippen molar-refractivity contribution in [2.45, 2.75) is 59.3 Å². The highest BCUT2D eigenvalue weighted by atomic mass is 14.7. The first kappa shape index (κ1) is 11.4. The normalized spacial score (nSPS) is 13.4. The zero-order valence-corrected chi connectivity index (χ0v) is 10.6. The van der Waals surface area contributed by atoms with E-state index in [0.29, 0.717) is 0 Å². The van der Waals surface area contributed by atoms with E-state index in [9.17, 15) is 0 Å². The topological polar surface area (TPSA) is 15.8 Å². The maximum absolute atomic E-state index is 3.42. The molecule has 0 saturated carbocycles. The van der Waals surface area contributed by atoms with Crippen molar-refractivity contribution in [2.24, 2.45) is 0 Å². The van der Waals surface area contributed by atoms with Gasteiger partial charge in [0.2, 0.25) is 0 Å². The number of aromatic nitrogens is 1. The molecule has 0 aromatic carbocycles. The summed E-state index contributed by atoms with van der Waals surface area (Å²) >= 11 is 0. The average molecular weight is 193 g/mol. The van der Waals surface area contributed by atoms with E-state index in [4.69, 9.17) is 0 Å². The molecule has 1 heteroatoms. The van der Waals surface area contributed by atoms with Gasteiger partial charge in [0.05, 0.1) is 0 Å². The van der Waals surface area contributed by atoms with E-state index in [1.165, 1.54) is 16.8 Å². The summed E-state index contributed by atoms with van der Waals surface area (Å²) in [7, 11) is 0. The van der Waals surface area contributed by atoms with Crippen LogP contribution in [0.25, 0.3) is 0 Å². The molecule has 0 radical (unpaired) electrons. The quantitative estimate of drug-likeness (QED) is 0.643. The average Bonchev–Trinajstić information content (AvgIpc) is 2.26. The van der Waals surface area contributed by atoms with Crippen LogP contribution in [0.5, 0.6) is 0 Å². The molecule has 1 heterocycles. The Balaban J connectivity index is 3.23. The molecule has 0 aliphatic heterocycles. The molecule has 80 valence electrons. The third-order valence-corrected chi connectivity index (χ3v) is 2.70. The molecule has 0 spiro atoms. The van der Waals surface area contributed by atoms with Gasteiger partial charge in [-0.3, -0.25) is 0 Å². The Morgan fingerprint density at radius 1 is 0.929 bits per heavy atom. The number of H-pyrrole nitrogens is 1. The minimum atomic E-state index is 0.216. The Bertz CT molecular complexity index is 286. The monoisotopic (exact) mass is 193 g/mol. The highest BCUT2D eigenvalue weighted by Crippen LogP contribution is 2.32. The van der Waals surface area contributed by atoms with E-state index >= 15 is 0 Å². The molecule has 0 saturated heterocycles. The zero-order chi connectivity index (χ0) is 11.1. The summed E-state index contributed by atoms with van der Waals surface area (Å²) < 4.78 is 0. The van der Waals surface area contributed by atoms with Gasteiger partial charge in [-0.25, -0.2) is 0 Å². The summed E-state index contributed by atoms with van der Waals surface area (Å²) in [5, 5.41) is 0. The van der Waals surface area contributed by atoms with Gasteiger partial charge >= 0.3 is 0 Å². The van der Waals surface area contributed by atoms with E-state index in [2.05, 4.69) is 59.6 Å². The fraction of sp³-hybridized carbons (Fsp3) is 0.692. The third-order valence-electron chi connectivity index (χ3n) is 2.70. The van der Waals surface area contributed by atoms with Crippen molar-refractivity contribution in [3.05, 3.63) is 23.0 Å². The molecule has 1 nitrogen and oxygen atoms in total. The minimum Gasteiger partial charge on any atom is -0.364 e. The molecular weight excluding hydrogens is 170 g/mol. The van der Waals surface area contributed by atoms with E-state index in [-0.39, 0.29) is 10.8 Å². The molecule has 1 aromatic heterocycles. The molecule has 1 aromatic rings. The van der Waals surface area contributed by atoms with Crippen molar-refractivity contribution in [3.63, 3.8) is 0 Å². The van der Waals surface area contributed by atoms with Crippen LogP contribution in [0.15, 0.2) is 6.20 Å². The van der Waals surface area contributed by atoms with Gasteiger partial charge in [-0.05, 0) is 23.5 Å². The molecule has 1 N–H and O–H groups in total. The summed E-state index contributed by atoms with van der Waals surface area (Å²) in [4.78, 5) is 3.42. The lowest BCUT2D eigenvalue weighted by Gasteiger charge is -2.22. The zero-order valence-electron chi connectivity index (χ0n) is 10.6. The van der Waals surface area contributed by atoms with Gasteiger partial charge in [0.1, 0.15) is 0 Å². The van der Waals surface area contributed by atoms with Crippen LogP contribution in [0.3, 0.4) is 0 Å². The predicted molar refractivity (Wildman–Crippen MR) is 62.9 cm³/mol. The van der Waals surface area contributed by atoms with Gasteiger partial charge < -0.3 is 4.98 Å². The second-order valence-corrected chi connectivity index (χ2v) is 6.20. The van der Waals surface area contributed by atoms with Crippen LogP contribution in [-0.2, 0) is 10.8 Å². The lowest BCUT2D eigenvalue weighted by molar-refractivity contribution is 0.563. The maximum atomic E-state index is 3.42. The molecule has 0 atom stereocenters. The highest BCUT2D eigenvalue weighted by molar-refractivity contribution is 5.37. The van der Waals surface area contributed by atoms with Crippen molar-refractivity contribution >= 4 is 0 Å². The van der Waals surface area contributed by atoms with E-state index in [0.717, 1.165) is 0 Å². The first-order valence-electron chi connectivity index (χ1n) is 5.33. The molecule has 0 fully saturated rings. The number of nitrogens with one attached hydrogen (secondary N) is 1. The Hall–Kier alpha value is -0.720. The van der Waals surface area contributed by atoms with Crippen LogP contribution >= 0.6 is 0 Å². The van der Waals surface area contributed by atoms with E-state index in [1.807, 2.05) is 0 Å². The Morgan fingerprint density at radius 3 is 1.64 bits per heavy atom. The van der Waals surface area contributed by atoms with Crippen LogP contribution in [-0.4, -0.2) is 4.98 Å². The van der Waals surface area contributed by atoms with Crippen molar-refractivity contribution in [3.8, 4) is 0 Å². The lowest BCUT2D eigenvalue weighted by atomic mass is 9.82. The van der Waals surface area contributed by atoms with Crippen molar-refractivity contribution < 1.29 is 0 Å². The van der Waals surface area contributed by atoms with Gasteiger partial charge in [-0.1, -0.05) is 41.5 Å². The summed E-state index contributed by atoms with van der Waals surface area (Å²) in [5.41, 5.74) is 4.67. The predicted octanol–water partition coefficient (Wildman–Crippen LogP) is 3.92. The molecule has 14 heavy (non-hydrogen) atoms. The van der Waals surface area contributed by atoms with Crippen LogP contribution in [0.2, 0.25) is 0 Å². The largest absolute Gasteiger partial charge is 0.364 e. The molecule has 0 aliphatic carbocycles. The van der Waals surface area contributed by atoms with E-state index < -0.39 is 0 Å². The summed E-state index contributed by atoms with van der Waals surface area (Å²) in [6.07, 6.45) is 2.16. The second kappa shape index (κ2) is 3.15. The standard InChI is InChI=1S/C13H23N/c1-9-10(12(2,3)4)8-14-11(9)13(5,6)7/h8,14H,1-7H3. The fourth-order valence-corrected chi connectivity index (χ4v) is 2.05. The van der Waals surface area contributed by atoms with Crippen LogP contribution in [0.1, 0.15) is 58.4 Å². The van der Waals surface area contributed by atoms with Crippen molar-refractivity contribution in [1.29, 1.82) is 0 Å². The fourth-order valence-electron chi connectivity index (χ4n) is 2.05. The third kappa shape index (κ3) is 2.02. The molecule has 0 unspecified atom stereocenters. The number of hydrogen-bond donors (Lipinski definition) is 1. The smallest absolute Gasteiger partial charge is 0.0234 e. The Labute approximate surface area is 87.9 Å². The van der Waals surface area contributed by atoms with Crippen LogP contribution in [0, 0.1) is 6.92 Å².